The van der Waals surface area contributed by atoms with E-state index in [1.807, 2.05) is 0 Å². The van der Waals surface area contributed by atoms with Crippen LogP contribution in [0.25, 0.3) is 0 Å². The smallest absolute Gasteiger partial charge is 0.0431 e. The first-order chi connectivity index (χ1) is 4.95. The van der Waals surface area contributed by atoms with Crippen LogP contribution in [0.4, 0.5) is 0 Å². The summed E-state index contributed by atoms with van der Waals surface area (Å²) in [5.74, 6) is 0. The molecule has 3 heteroatoms. The molecule has 0 rings (SSSR count). The van der Waals surface area contributed by atoms with Gasteiger partial charge in [0.05, 0.1) is 0 Å². The van der Waals surface area contributed by atoms with Crippen molar-refractivity contribution in [3.05, 3.63) is 10.6 Å². The average molecular weight is 196 g/mol. The predicted molar refractivity (Wildman–Crippen MR) is 52.1 cm³/mol. The van der Waals surface area contributed by atoms with Gasteiger partial charge in [-0.1, -0.05) is 44.0 Å². The van der Waals surface area contributed by atoms with Gasteiger partial charge in [-0.15, -0.1) is 0 Å². The lowest BCUT2D eigenvalue weighted by Crippen LogP contribution is -2.27. The molecule has 0 atom stereocenters. The lowest BCUT2D eigenvalue weighted by molar-refractivity contribution is 0.388. The van der Waals surface area contributed by atoms with Crippen LogP contribution in [0.2, 0.25) is 0 Å². The molecule has 0 saturated carbocycles. The summed E-state index contributed by atoms with van der Waals surface area (Å²) in [6, 6.07) is 0. The van der Waals surface area contributed by atoms with Gasteiger partial charge in [-0.25, -0.2) is 0 Å². The van der Waals surface area contributed by atoms with Gasteiger partial charge in [-0.3, -0.25) is 0 Å². The molecule has 0 aliphatic carbocycles. The van der Waals surface area contributed by atoms with E-state index in [0.717, 1.165) is 6.54 Å². The Hall–Kier alpha value is 0.280. The van der Waals surface area contributed by atoms with E-state index in [9.17, 15) is 0 Å². The lowest BCUT2D eigenvalue weighted by Gasteiger charge is -2.18. The molecule has 0 aliphatic rings. The van der Waals surface area contributed by atoms with Gasteiger partial charge in [-0.05, 0) is 5.41 Å². The van der Waals surface area contributed by atoms with Crippen molar-refractivity contribution in [3.63, 3.8) is 0 Å². The van der Waals surface area contributed by atoms with Crippen LogP contribution in [-0.4, -0.2) is 13.1 Å². The summed E-state index contributed by atoms with van der Waals surface area (Å²) < 4.78 is 0. The molecule has 0 aliphatic heterocycles. The van der Waals surface area contributed by atoms with E-state index in [4.69, 9.17) is 23.2 Å². The first kappa shape index (κ1) is 11.3. The topological polar surface area (TPSA) is 12.0 Å². The summed E-state index contributed by atoms with van der Waals surface area (Å²) in [7, 11) is 0. The minimum atomic E-state index is 0.295. The SMILES string of the molecule is CC(C)(C)CNC/C(Cl)=C/Cl. The predicted octanol–water partition coefficient (Wildman–Crippen LogP) is 2.94. The van der Waals surface area contributed by atoms with Crippen LogP contribution in [-0.2, 0) is 0 Å². The lowest BCUT2D eigenvalue weighted by atomic mass is 9.97. The molecule has 0 unspecified atom stereocenters. The quantitative estimate of drug-likeness (QED) is 0.731. The Labute approximate surface area is 78.8 Å². The van der Waals surface area contributed by atoms with E-state index in [0.29, 0.717) is 17.0 Å². The third kappa shape index (κ3) is 8.18. The molecule has 0 radical (unpaired) electrons. The summed E-state index contributed by atoms with van der Waals surface area (Å²) in [6.45, 7) is 8.09. The fourth-order valence-electron chi connectivity index (χ4n) is 0.595. The maximum absolute atomic E-state index is 5.66. The second-order valence-corrected chi connectivity index (χ2v) is 4.42. The molecule has 1 nitrogen and oxygen atoms in total. The molecule has 11 heavy (non-hydrogen) atoms. The van der Waals surface area contributed by atoms with E-state index in [1.54, 1.807) is 0 Å². The fraction of sp³-hybridized carbons (Fsp3) is 0.750. The Morgan fingerprint density at radius 1 is 1.45 bits per heavy atom. The molecule has 0 aromatic carbocycles. The molecule has 66 valence electrons. The molecule has 0 amide bonds. The maximum Gasteiger partial charge on any atom is 0.0431 e. The second-order valence-electron chi connectivity index (χ2n) is 3.72. The summed E-state index contributed by atoms with van der Waals surface area (Å²) in [6.07, 6.45) is 0. The highest BCUT2D eigenvalue weighted by Crippen LogP contribution is 2.10. The highest BCUT2D eigenvalue weighted by molar-refractivity contribution is 6.36. The number of hydrogen-bond donors (Lipinski definition) is 1. The average Bonchev–Trinajstić information content (AvgIpc) is 1.85. The van der Waals surface area contributed by atoms with E-state index in [-0.39, 0.29) is 0 Å². The summed E-state index contributed by atoms with van der Waals surface area (Å²) in [4.78, 5) is 0. The van der Waals surface area contributed by atoms with Crippen molar-refractivity contribution in [2.45, 2.75) is 20.8 Å². The fourth-order valence-corrected chi connectivity index (χ4v) is 0.767. The Balaban J connectivity index is 3.43. The molecule has 0 aromatic heterocycles. The van der Waals surface area contributed by atoms with Gasteiger partial charge in [0.15, 0.2) is 0 Å². The van der Waals surface area contributed by atoms with E-state index < -0.39 is 0 Å². The number of hydrogen-bond acceptors (Lipinski definition) is 1. The zero-order valence-electron chi connectivity index (χ0n) is 7.25. The third-order valence-corrected chi connectivity index (χ3v) is 1.69. The second kappa shape index (κ2) is 5.02. The standard InChI is InChI=1S/C8H15Cl2N/c1-8(2,3)6-11-5-7(10)4-9/h4,11H,5-6H2,1-3H3/b7-4-. The number of rotatable bonds is 3. The Morgan fingerprint density at radius 3 is 2.36 bits per heavy atom. The summed E-state index contributed by atoms with van der Waals surface area (Å²) >= 11 is 11.0. The van der Waals surface area contributed by atoms with Crippen LogP contribution in [0.1, 0.15) is 20.8 Å². The van der Waals surface area contributed by atoms with Gasteiger partial charge in [0.2, 0.25) is 0 Å². The van der Waals surface area contributed by atoms with Crippen molar-refractivity contribution in [3.8, 4) is 0 Å². The summed E-state index contributed by atoms with van der Waals surface area (Å²) in [5.41, 5.74) is 1.68. The Bertz CT molecular complexity index is 136. The van der Waals surface area contributed by atoms with Gasteiger partial charge >= 0.3 is 0 Å². The number of nitrogens with one attached hydrogen (secondary N) is 1. The van der Waals surface area contributed by atoms with Gasteiger partial charge in [0.25, 0.3) is 0 Å². The molecule has 1 N–H and O–H groups in total. The highest BCUT2D eigenvalue weighted by atomic mass is 35.5. The zero-order valence-corrected chi connectivity index (χ0v) is 8.76. The molecule has 0 spiro atoms. The molecule has 0 aromatic rings. The van der Waals surface area contributed by atoms with Crippen molar-refractivity contribution in [2.24, 2.45) is 5.41 Å². The van der Waals surface area contributed by atoms with Crippen molar-refractivity contribution < 1.29 is 0 Å². The van der Waals surface area contributed by atoms with Gasteiger partial charge in [0, 0.05) is 23.7 Å². The van der Waals surface area contributed by atoms with E-state index in [1.165, 1.54) is 5.54 Å². The minimum absolute atomic E-state index is 0.295. The van der Waals surface area contributed by atoms with Crippen molar-refractivity contribution in [2.75, 3.05) is 13.1 Å². The van der Waals surface area contributed by atoms with Crippen molar-refractivity contribution in [1.29, 1.82) is 0 Å². The zero-order chi connectivity index (χ0) is 8.91. The van der Waals surface area contributed by atoms with Gasteiger partial charge in [0.1, 0.15) is 0 Å². The highest BCUT2D eigenvalue weighted by Gasteiger charge is 2.08. The van der Waals surface area contributed by atoms with Gasteiger partial charge in [-0.2, -0.15) is 0 Å². The molecule has 0 heterocycles. The minimum Gasteiger partial charge on any atom is -0.311 e. The van der Waals surface area contributed by atoms with Crippen LogP contribution in [0, 0.1) is 5.41 Å². The monoisotopic (exact) mass is 195 g/mol. The molecule has 0 saturated heterocycles. The van der Waals surface area contributed by atoms with E-state index >= 15 is 0 Å². The number of halogens is 2. The largest absolute Gasteiger partial charge is 0.311 e. The summed E-state index contributed by atoms with van der Waals surface area (Å²) in [5, 5.41) is 3.84. The maximum atomic E-state index is 5.66. The van der Waals surface area contributed by atoms with Crippen LogP contribution < -0.4 is 5.32 Å². The Kier molecular flexibility index (Phi) is 5.15. The van der Waals surface area contributed by atoms with Crippen LogP contribution in [0.5, 0.6) is 0 Å². The van der Waals surface area contributed by atoms with Crippen LogP contribution >= 0.6 is 23.2 Å². The van der Waals surface area contributed by atoms with Crippen LogP contribution in [0.3, 0.4) is 0 Å². The molecule has 0 bridgehead atoms. The normalized spacial score (nSPS) is 13.7. The van der Waals surface area contributed by atoms with Crippen LogP contribution in [0.15, 0.2) is 10.6 Å². The molecular weight excluding hydrogens is 181 g/mol. The first-order valence-corrected chi connectivity index (χ1v) is 4.42. The molecular formula is C8H15Cl2N. The van der Waals surface area contributed by atoms with E-state index in [2.05, 4.69) is 26.1 Å². The first-order valence-electron chi connectivity index (χ1n) is 3.61. The van der Waals surface area contributed by atoms with Crippen molar-refractivity contribution >= 4 is 23.2 Å². The molecule has 0 fully saturated rings. The Morgan fingerprint density at radius 2 is 2.00 bits per heavy atom. The van der Waals surface area contributed by atoms with Gasteiger partial charge < -0.3 is 5.32 Å². The van der Waals surface area contributed by atoms with Crippen molar-refractivity contribution in [1.82, 2.24) is 5.32 Å². The third-order valence-electron chi connectivity index (χ3n) is 1.07.